The Bertz CT molecular complexity index is 1140. The molecule has 0 saturated carbocycles. The lowest BCUT2D eigenvalue weighted by molar-refractivity contribution is 0.304. The molecule has 0 amide bonds. The highest BCUT2D eigenvalue weighted by Gasteiger charge is 2.12. The molecule has 0 N–H and O–H groups in total. The van der Waals surface area contributed by atoms with Crippen molar-refractivity contribution in [1.29, 1.82) is 0 Å². The molecule has 0 unspecified atom stereocenters. The predicted molar refractivity (Wildman–Crippen MR) is 100 cm³/mol. The van der Waals surface area contributed by atoms with Gasteiger partial charge >= 0.3 is 5.63 Å². The Labute approximate surface area is 145 Å². The van der Waals surface area contributed by atoms with Crippen LogP contribution >= 0.6 is 0 Å². The molecule has 0 bridgehead atoms. The number of rotatable bonds is 3. The van der Waals surface area contributed by atoms with E-state index in [1.165, 1.54) is 5.56 Å². The molecule has 1 aromatic heterocycles. The summed E-state index contributed by atoms with van der Waals surface area (Å²) in [5, 5.41) is 2.43. The predicted octanol–water partition coefficient (Wildman–Crippen LogP) is 5.14. The first-order valence-corrected chi connectivity index (χ1v) is 8.27. The van der Waals surface area contributed by atoms with Gasteiger partial charge in [0.15, 0.2) is 0 Å². The molecule has 0 fully saturated rings. The molecule has 3 nitrogen and oxygen atoms in total. The van der Waals surface area contributed by atoms with Crippen molar-refractivity contribution in [2.45, 2.75) is 20.5 Å². The van der Waals surface area contributed by atoms with Crippen LogP contribution in [0.25, 0.3) is 21.7 Å². The van der Waals surface area contributed by atoms with Crippen molar-refractivity contribution in [1.82, 2.24) is 0 Å². The molecule has 0 saturated heterocycles. The Morgan fingerprint density at radius 2 is 1.68 bits per heavy atom. The minimum absolute atomic E-state index is 0.318. The number of ether oxygens (including phenoxy) is 1. The Morgan fingerprint density at radius 3 is 2.48 bits per heavy atom. The second-order valence-corrected chi connectivity index (χ2v) is 6.28. The summed E-state index contributed by atoms with van der Waals surface area (Å²) in [5.74, 6) is 0.729. The summed E-state index contributed by atoms with van der Waals surface area (Å²) in [6.07, 6.45) is 0. The molecular formula is C22H18O3. The Hall–Kier alpha value is -3.07. The number of fused-ring (bicyclic) bond motifs is 3. The van der Waals surface area contributed by atoms with Crippen LogP contribution in [-0.4, -0.2) is 0 Å². The zero-order chi connectivity index (χ0) is 17.4. The van der Waals surface area contributed by atoms with Crippen molar-refractivity contribution < 1.29 is 9.15 Å². The third kappa shape index (κ3) is 2.78. The molecule has 1 heterocycles. The first-order chi connectivity index (χ1) is 12.1. The standard InChI is InChI=1S/C22H18O3/c1-14-6-5-7-16(12-14)13-24-20-11-10-18-17-8-3-4-9-19(17)22(23)25-21(18)15(20)2/h3-12H,13H2,1-2H3. The number of benzene rings is 3. The smallest absolute Gasteiger partial charge is 0.344 e. The largest absolute Gasteiger partial charge is 0.488 e. The van der Waals surface area contributed by atoms with Crippen molar-refractivity contribution >= 4 is 21.7 Å². The van der Waals surface area contributed by atoms with Gasteiger partial charge in [0.05, 0.1) is 5.39 Å². The Morgan fingerprint density at radius 1 is 0.880 bits per heavy atom. The highest BCUT2D eigenvalue weighted by molar-refractivity contribution is 6.05. The van der Waals surface area contributed by atoms with Crippen LogP contribution in [0.3, 0.4) is 0 Å². The quantitative estimate of drug-likeness (QED) is 0.385. The molecule has 4 rings (SSSR count). The molecule has 0 aliphatic rings. The topological polar surface area (TPSA) is 39.4 Å². The third-order valence-corrected chi connectivity index (χ3v) is 4.46. The van der Waals surface area contributed by atoms with Crippen molar-refractivity contribution in [3.05, 3.63) is 87.8 Å². The lowest BCUT2D eigenvalue weighted by Gasteiger charge is -2.12. The van der Waals surface area contributed by atoms with Gasteiger partial charge in [-0.25, -0.2) is 4.79 Å². The maximum atomic E-state index is 12.3. The van der Waals surface area contributed by atoms with Gasteiger partial charge in [0, 0.05) is 10.9 Å². The summed E-state index contributed by atoms with van der Waals surface area (Å²) in [6.45, 7) is 4.46. The van der Waals surface area contributed by atoms with Gasteiger partial charge in [-0.15, -0.1) is 0 Å². The van der Waals surface area contributed by atoms with E-state index in [4.69, 9.17) is 9.15 Å². The highest BCUT2D eigenvalue weighted by atomic mass is 16.5. The van der Waals surface area contributed by atoms with Gasteiger partial charge in [-0.3, -0.25) is 0 Å². The molecule has 4 aromatic rings. The summed E-state index contributed by atoms with van der Waals surface area (Å²) in [7, 11) is 0. The SMILES string of the molecule is Cc1cccc(COc2ccc3c(oc(=O)c4ccccc43)c2C)c1. The van der Waals surface area contributed by atoms with Crippen molar-refractivity contribution in [2.24, 2.45) is 0 Å². The average Bonchev–Trinajstić information content (AvgIpc) is 2.62. The van der Waals surface area contributed by atoms with Gasteiger partial charge in [-0.1, -0.05) is 48.0 Å². The summed E-state index contributed by atoms with van der Waals surface area (Å²) in [5.41, 5.74) is 3.42. The molecule has 0 aliphatic carbocycles. The van der Waals surface area contributed by atoms with E-state index in [1.54, 1.807) is 6.07 Å². The average molecular weight is 330 g/mol. The molecule has 25 heavy (non-hydrogen) atoms. The summed E-state index contributed by atoms with van der Waals surface area (Å²) >= 11 is 0. The molecule has 0 radical (unpaired) electrons. The van der Waals surface area contributed by atoms with Gasteiger partial charge in [0.2, 0.25) is 0 Å². The Balaban J connectivity index is 1.77. The zero-order valence-electron chi connectivity index (χ0n) is 14.2. The van der Waals surface area contributed by atoms with Gasteiger partial charge in [0.1, 0.15) is 17.9 Å². The second-order valence-electron chi connectivity index (χ2n) is 6.28. The van der Waals surface area contributed by atoms with E-state index in [0.29, 0.717) is 17.6 Å². The van der Waals surface area contributed by atoms with Gasteiger partial charge < -0.3 is 9.15 Å². The minimum atomic E-state index is -0.318. The van der Waals surface area contributed by atoms with E-state index in [2.05, 4.69) is 19.1 Å². The lowest BCUT2D eigenvalue weighted by atomic mass is 10.0. The molecular weight excluding hydrogens is 312 g/mol. The van der Waals surface area contributed by atoms with Crippen LogP contribution < -0.4 is 10.4 Å². The third-order valence-electron chi connectivity index (χ3n) is 4.46. The fraction of sp³-hybridized carbons (Fsp3) is 0.136. The van der Waals surface area contributed by atoms with Gasteiger partial charge in [-0.05, 0) is 43.0 Å². The lowest BCUT2D eigenvalue weighted by Crippen LogP contribution is -2.02. The maximum absolute atomic E-state index is 12.3. The minimum Gasteiger partial charge on any atom is -0.488 e. The number of hydrogen-bond acceptors (Lipinski definition) is 3. The monoisotopic (exact) mass is 330 g/mol. The van der Waals surface area contributed by atoms with Crippen LogP contribution in [0.15, 0.2) is 69.9 Å². The highest BCUT2D eigenvalue weighted by Crippen LogP contribution is 2.31. The summed E-state index contributed by atoms with van der Waals surface area (Å²) in [4.78, 5) is 12.3. The first kappa shape index (κ1) is 15.5. The van der Waals surface area contributed by atoms with Crippen molar-refractivity contribution in [3.8, 4) is 5.75 Å². The first-order valence-electron chi connectivity index (χ1n) is 8.27. The molecule has 0 aliphatic heterocycles. The molecule has 0 spiro atoms. The van der Waals surface area contributed by atoms with Crippen LogP contribution in [0, 0.1) is 13.8 Å². The maximum Gasteiger partial charge on any atom is 0.344 e. The van der Waals surface area contributed by atoms with Crippen LogP contribution in [0.1, 0.15) is 16.7 Å². The summed E-state index contributed by atoms with van der Waals surface area (Å²) in [6, 6.07) is 19.6. The van der Waals surface area contributed by atoms with E-state index < -0.39 is 0 Å². The van der Waals surface area contributed by atoms with Crippen LogP contribution in [-0.2, 0) is 6.61 Å². The molecule has 124 valence electrons. The Kier molecular flexibility index (Phi) is 3.77. The molecule has 0 atom stereocenters. The van der Waals surface area contributed by atoms with E-state index in [1.807, 2.05) is 49.4 Å². The zero-order valence-corrected chi connectivity index (χ0v) is 14.2. The van der Waals surface area contributed by atoms with Gasteiger partial charge in [-0.2, -0.15) is 0 Å². The van der Waals surface area contributed by atoms with Crippen LogP contribution in [0.4, 0.5) is 0 Å². The molecule has 3 heteroatoms. The van der Waals surface area contributed by atoms with E-state index in [9.17, 15) is 4.79 Å². The van der Waals surface area contributed by atoms with Crippen molar-refractivity contribution in [3.63, 3.8) is 0 Å². The number of aryl methyl sites for hydroxylation is 2. The fourth-order valence-electron chi connectivity index (χ4n) is 3.18. The van der Waals surface area contributed by atoms with E-state index in [0.717, 1.165) is 27.6 Å². The van der Waals surface area contributed by atoms with Crippen LogP contribution in [0.2, 0.25) is 0 Å². The summed E-state index contributed by atoms with van der Waals surface area (Å²) < 4.78 is 11.6. The van der Waals surface area contributed by atoms with Crippen molar-refractivity contribution in [2.75, 3.05) is 0 Å². The normalized spacial score (nSPS) is 11.1. The fourth-order valence-corrected chi connectivity index (χ4v) is 3.18. The number of hydrogen-bond donors (Lipinski definition) is 0. The van der Waals surface area contributed by atoms with E-state index >= 15 is 0 Å². The van der Waals surface area contributed by atoms with Crippen LogP contribution in [0.5, 0.6) is 5.75 Å². The van der Waals surface area contributed by atoms with E-state index in [-0.39, 0.29) is 5.63 Å². The second kappa shape index (κ2) is 6.10. The van der Waals surface area contributed by atoms with Gasteiger partial charge in [0.25, 0.3) is 0 Å². The molecule has 3 aromatic carbocycles.